The Kier molecular flexibility index (Phi) is 2.70. The summed E-state index contributed by atoms with van der Waals surface area (Å²) in [5.74, 6) is 0. The van der Waals surface area contributed by atoms with Crippen LogP contribution >= 0.6 is 11.6 Å². The first-order chi connectivity index (χ1) is 6.81. The molecule has 0 spiro atoms. The Labute approximate surface area is 87.7 Å². The number of aromatic nitrogens is 2. The Bertz CT molecular complexity index is 436. The highest BCUT2D eigenvalue weighted by Crippen LogP contribution is 2.16. The lowest BCUT2D eigenvalue weighted by Gasteiger charge is -2.03. The van der Waals surface area contributed by atoms with Crippen LogP contribution in [0.2, 0.25) is 5.15 Å². The van der Waals surface area contributed by atoms with Crippen molar-refractivity contribution >= 4 is 22.6 Å². The summed E-state index contributed by atoms with van der Waals surface area (Å²) < 4.78 is 2.09. The Morgan fingerprint density at radius 3 is 3.07 bits per heavy atom. The Morgan fingerprint density at radius 2 is 2.29 bits per heavy atom. The van der Waals surface area contributed by atoms with Gasteiger partial charge in [-0.1, -0.05) is 11.6 Å². The van der Waals surface area contributed by atoms with Gasteiger partial charge in [-0.3, -0.25) is 0 Å². The summed E-state index contributed by atoms with van der Waals surface area (Å²) in [6.07, 6.45) is 2.03. The highest BCUT2D eigenvalue weighted by molar-refractivity contribution is 6.29. The molecule has 4 heteroatoms. The minimum absolute atomic E-state index is 0.543. The second kappa shape index (κ2) is 3.98. The van der Waals surface area contributed by atoms with Crippen molar-refractivity contribution in [3.8, 4) is 0 Å². The molecule has 2 aromatic heterocycles. The van der Waals surface area contributed by atoms with E-state index in [1.54, 1.807) is 0 Å². The molecule has 0 aliphatic carbocycles. The number of rotatable bonds is 3. The Morgan fingerprint density at radius 1 is 1.43 bits per heavy atom. The molecule has 0 saturated heterocycles. The molecule has 3 nitrogen and oxygen atoms in total. The van der Waals surface area contributed by atoms with Crippen molar-refractivity contribution in [1.29, 1.82) is 0 Å². The molecule has 74 valence electrons. The maximum atomic E-state index is 5.84. The predicted molar refractivity (Wildman–Crippen MR) is 58.7 cm³/mol. The van der Waals surface area contributed by atoms with E-state index in [-0.39, 0.29) is 0 Å². The highest BCUT2D eigenvalue weighted by atomic mass is 35.5. The average molecular weight is 210 g/mol. The summed E-state index contributed by atoms with van der Waals surface area (Å²) in [5, 5.41) is 4.78. The Balaban J connectivity index is 2.40. The molecular weight excluding hydrogens is 198 g/mol. The lowest BCUT2D eigenvalue weighted by atomic mass is 10.3. The van der Waals surface area contributed by atoms with Gasteiger partial charge in [-0.05, 0) is 25.2 Å². The molecule has 0 fully saturated rings. The molecule has 1 N–H and O–H groups in total. The standard InChI is InChI=1S/C10H12ClN3/c1-12-5-7-14-6-4-8-2-3-9(11)13-10(8)14/h2-4,6,12H,5,7H2,1H3. The highest BCUT2D eigenvalue weighted by Gasteiger charge is 2.01. The van der Waals surface area contributed by atoms with Gasteiger partial charge in [-0.25, -0.2) is 4.98 Å². The van der Waals surface area contributed by atoms with Gasteiger partial charge in [-0.15, -0.1) is 0 Å². The lowest BCUT2D eigenvalue weighted by Crippen LogP contribution is -2.14. The third kappa shape index (κ3) is 1.74. The Hall–Kier alpha value is -1.06. The SMILES string of the molecule is CNCCn1ccc2ccc(Cl)nc21. The molecule has 2 aromatic rings. The van der Waals surface area contributed by atoms with Crippen LogP contribution in [0.4, 0.5) is 0 Å². The minimum atomic E-state index is 0.543. The molecule has 0 bridgehead atoms. The van der Waals surface area contributed by atoms with Gasteiger partial charge in [0.2, 0.25) is 0 Å². The molecule has 0 aliphatic heterocycles. The van der Waals surface area contributed by atoms with Gasteiger partial charge < -0.3 is 9.88 Å². The largest absolute Gasteiger partial charge is 0.331 e. The smallest absolute Gasteiger partial charge is 0.141 e. The van der Waals surface area contributed by atoms with E-state index in [4.69, 9.17) is 11.6 Å². The first kappa shape index (κ1) is 9.49. The molecule has 2 rings (SSSR count). The molecule has 0 aliphatic rings. The van der Waals surface area contributed by atoms with Crippen LogP contribution in [0.1, 0.15) is 0 Å². The summed E-state index contributed by atoms with van der Waals surface area (Å²) in [6, 6.07) is 5.85. The quantitative estimate of drug-likeness (QED) is 0.783. The first-order valence-electron chi connectivity index (χ1n) is 4.57. The number of pyridine rings is 1. The van der Waals surface area contributed by atoms with Crippen molar-refractivity contribution in [1.82, 2.24) is 14.9 Å². The second-order valence-corrected chi connectivity index (χ2v) is 3.55. The topological polar surface area (TPSA) is 29.9 Å². The van der Waals surface area contributed by atoms with Crippen LogP contribution in [0, 0.1) is 0 Å². The zero-order valence-corrected chi connectivity index (χ0v) is 8.75. The molecule has 0 aromatic carbocycles. The minimum Gasteiger partial charge on any atom is -0.331 e. The third-order valence-corrected chi connectivity index (χ3v) is 2.39. The van der Waals surface area contributed by atoms with Gasteiger partial charge in [-0.2, -0.15) is 0 Å². The summed E-state index contributed by atoms with van der Waals surface area (Å²) in [6.45, 7) is 1.84. The summed E-state index contributed by atoms with van der Waals surface area (Å²) in [4.78, 5) is 4.29. The van der Waals surface area contributed by atoms with Gasteiger partial charge in [0.1, 0.15) is 10.8 Å². The number of nitrogens with one attached hydrogen (secondary N) is 1. The first-order valence-corrected chi connectivity index (χ1v) is 4.95. The van der Waals surface area contributed by atoms with E-state index in [1.165, 1.54) is 0 Å². The van der Waals surface area contributed by atoms with Crippen LogP contribution in [0.3, 0.4) is 0 Å². The van der Waals surface area contributed by atoms with Crippen LogP contribution in [0.5, 0.6) is 0 Å². The molecule has 0 unspecified atom stereocenters. The molecule has 0 saturated carbocycles. The molecule has 0 atom stereocenters. The monoisotopic (exact) mass is 209 g/mol. The third-order valence-electron chi connectivity index (χ3n) is 2.18. The van der Waals surface area contributed by atoms with E-state index in [9.17, 15) is 0 Å². The van der Waals surface area contributed by atoms with Crippen molar-refractivity contribution in [3.63, 3.8) is 0 Å². The van der Waals surface area contributed by atoms with Crippen LogP contribution < -0.4 is 5.32 Å². The van der Waals surface area contributed by atoms with E-state index in [0.29, 0.717) is 5.15 Å². The number of fused-ring (bicyclic) bond motifs is 1. The zero-order chi connectivity index (χ0) is 9.97. The molecular formula is C10H12ClN3. The number of halogens is 1. The predicted octanol–water partition coefficient (Wildman–Crippen LogP) is 1.91. The van der Waals surface area contributed by atoms with Crippen molar-refractivity contribution < 1.29 is 0 Å². The van der Waals surface area contributed by atoms with Crippen molar-refractivity contribution in [3.05, 3.63) is 29.5 Å². The van der Waals surface area contributed by atoms with Gasteiger partial charge in [0.05, 0.1) is 0 Å². The van der Waals surface area contributed by atoms with Crippen molar-refractivity contribution in [2.45, 2.75) is 6.54 Å². The van der Waals surface area contributed by atoms with E-state index >= 15 is 0 Å². The summed E-state index contributed by atoms with van der Waals surface area (Å²) >= 11 is 5.84. The van der Waals surface area contributed by atoms with E-state index in [2.05, 4.69) is 14.9 Å². The van der Waals surface area contributed by atoms with Gasteiger partial charge in [0, 0.05) is 24.7 Å². The second-order valence-electron chi connectivity index (χ2n) is 3.16. The van der Waals surface area contributed by atoms with E-state index in [0.717, 1.165) is 24.1 Å². The summed E-state index contributed by atoms with van der Waals surface area (Å²) in [7, 11) is 1.94. The van der Waals surface area contributed by atoms with E-state index in [1.807, 2.05) is 31.4 Å². The molecule has 0 amide bonds. The maximum Gasteiger partial charge on any atom is 0.141 e. The van der Waals surface area contributed by atoms with Crippen LogP contribution in [-0.4, -0.2) is 23.1 Å². The zero-order valence-electron chi connectivity index (χ0n) is 8.00. The fourth-order valence-corrected chi connectivity index (χ4v) is 1.59. The van der Waals surface area contributed by atoms with Gasteiger partial charge in [0.25, 0.3) is 0 Å². The van der Waals surface area contributed by atoms with Gasteiger partial charge >= 0.3 is 0 Å². The van der Waals surface area contributed by atoms with Crippen LogP contribution in [-0.2, 0) is 6.54 Å². The van der Waals surface area contributed by atoms with Crippen LogP contribution in [0.15, 0.2) is 24.4 Å². The molecule has 2 heterocycles. The van der Waals surface area contributed by atoms with Crippen molar-refractivity contribution in [2.75, 3.05) is 13.6 Å². The fraction of sp³-hybridized carbons (Fsp3) is 0.300. The maximum absolute atomic E-state index is 5.84. The average Bonchev–Trinajstić information content (AvgIpc) is 2.57. The lowest BCUT2D eigenvalue weighted by molar-refractivity contribution is 0.658. The number of hydrogen-bond donors (Lipinski definition) is 1. The van der Waals surface area contributed by atoms with Crippen molar-refractivity contribution in [2.24, 2.45) is 0 Å². The number of likely N-dealkylation sites (N-methyl/N-ethyl adjacent to an activating group) is 1. The number of hydrogen-bond acceptors (Lipinski definition) is 2. The van der Waals surface area contributed by atoms with Gasteiger partial charge in [0.15, 0.2) is 0 Å². The number of nitrogens with zero attached hydrogens (tertiary/aromatic N) is 2. The molecule has 14 heavy (non-hydrogen) atoms. The molecule has 0 radical (unpaired) electrons. The van der Waals surface area contributed by atoms with E-state index < -0.39 is 0 Å². The van der Waals surface area contributed by atoms with Crippen LogP contribution in [0.25, 0.3) is 11.0 Å². The summed E-state index contributed by atoms with van der Waals surface area (Å²) in [5.41, 5.74) is 0.952. The fourth-order valence-electron chi connectivity index (χ4n) is 1.45. The normalized spacial score (nSPS) is 11.0.